The smallest absolute Gasteiger partial charge is 0.260 e. The van der Waals surface area contributed by atoms with Gasteiger partial charge in [0.05, 0.1) is 11.4 Å². The largest absolute Gasteiger partial charge is 0.396 e. The highest BCUT2D eigenvalue weighted by molar-refractivity contribution is 7.90. The Bertz CT molecular complexity index is 596. The van der Waals surface area contributed by atoms with Crippen molar-refractivity contribution in [1.29, 1.82) is 0 Å². The van der Waals surface area contributed by atoms with Crippen molar-refractivity contribution in [1.82, 2.24) is 9.71 Å². The average molecular weight is 280 g/mol. The number of primary sulfonamides is 1. The first kappa shape index (κ1) is 13.8. The predicted molar refractivity (Wildman–Crippen MR) is 61.8 cm³/mol. The molecule has 8 nitrogen and oxygen atoms in total. The fraction of sp³-hybridized carbons (Fsp3) is 0.286. The monoisotopic (exact) mass is 280 g/mol. The van der Waals surface area contributed by atoms with Crippen LogP contribution in [-0.2, 0) is 20.0 Å². The molecule has 1 rings (SSSR count). The molecule has 0 spiro atoms. The van der Waals surface area contributed by atoms with Gasteiger partial charge in [0, 0.05) is 12.7 Å². The number of hydrogen-bond acceptors (Lipinski definition) is 6. The van der Waals surface area contributed by atoms with E-state index in [2.05, 4.69) is 4.98 Å². The Hall–Kier alpha value is -1.23. The summed E-state index contributed by atoms with van der Waals surface area (Å²) in [6.07, 6.45) is 1.27. The second kappa shape index (κ2) is 4.96. The molecule has 0 saturated carbocycles. The molecular weight excluding hydrogens is 268 g/mol. The van der Waals surface area contributed by atoms with Gasteiger partial charge in [-0.3, -0.25) is 0 Å². The zero-order chi connectivity index (χ0) is 13.1. The summed E-state index contributed by atoms with van der Waals surface area (Å²) in [6, 6.07) is 2.86. The second-order valence-corrected chi connectivity index (χ2v) is 6.58. The number of nitrogen functional groups attached to an aromatic ring is 1. The Kier molecular flexibility index (Phi) is 4.03. The van der Waals surface area contributed by atoms with Crippen LogP contribution in [0.25, 0.3) is 0 Å². The van der Waals surface area contributed by atoms with Gasteiger partial charge in [-0.2, -0.15) is 0 Å². The third-order valence-electron chi connectivity index (χ3n) is 1.73. The minimum Gasteiger partial charge on any atom is -0.396 e. The van der Waals surface area contributed by atoms with Gasteiger partial charge < -0.3 is 5.73 Å². The Morgan fingerprint density at radius 1 is 1.29 bits per heavy atom. The molecule has 0 aliphatic carbocycles. The summed E-state index contributed by atoms with van der Waals surface area (Å²) in [5.74, 6) is -0.501. The number of sulfonamides is 2. The van der Waals surface area contributed by atoms with Gasteiger partial charge in [0.2, 0.25) is 10.0 Å². The quantitative estimate of drug-likeness (QED) is 0.582. The SMILES string of the molecule is Nc1cccnc1S(=O)(=O)NCCS(N)(=O)=O. The van der Waals surface area contributed by atoms with Crippen molar-refractivity contribution in [2.45, 2.75) is 5.03 Å². The van der Waals surface area contributed by atoms with Crippen molar-refractivity contribution in [3.05, 3.63) is 18.3 Å². The van der Waals surface area contributed by atoms with E-state index in [0.717, 1.165) is 0 Å². The zero-order valence-electron chi connectivity index (χ0n) is 8.70. The molecule has 0 radical (unpaired) electrons. The summed E-state index contributed by atoms with van der Waals surface area (Å²) in [5.41, 5.74) is 5.42. The maximum atomic E-state index is 11.6. The number of aromatic nitrogens is 1. The molecule has 0 atom stereocenters. The number of nitrogens with zero attached hydrogens (tertiary/aromatic N) is 1. The van der Waals surface area contributed by atoms with Crippen LogP contribution in [0.5, 0.6) is 0 Å². The standard InChI is InChI=1S/C7H12N4O4S2/c8-6-2-1-3-10-7(6)17(14,15)11-4-5-16(9,12)13/h1-3,11H,4-5,8H2,(H2,9,12,13). The fourth-order valence-corrected chi connectivity index (χ4v) is 2.62. The molecule has 0 unspecified atom stereocenters. The van der Waals surface area contributed by atoms with Crippen molar-refractivity contribution in [2.75, 3.05) is 18.0 Å². The molecule has 0 fully saturated rings. The van der Waals surface area contributed by atoms with Gasteiger partial charge in [0.1, 0.15) is 0 Å². The van der Waals surface area contributed by atoms with Crippen LogP contribution in [0.4, 0.5) is 5.69 Å². The van der Waals surface area contributed by atoms with Crippen molar-refractivity contribution < 1.29 is 16.8 Å². The van der Waals surface area contributed by atoms with Gasteiger partial charge in [0.15, 0.2) is 5.03 Å². The zero-order valence-corrected chi connectivity index (χ0v) is 10.3. The Balaban J connectivity index is 2.81. The third-order valence-corrected chi connectivity index (χ3v) is 3.94. The highest BCUT2D eigenvalue weighted by Crippen LogP contribution is 2.12. The summed E-state index contributed by atoms with van der Waals surface area (Å²) in [6.45, 7) is -0.336. The van der Waals surface area contributed by atoms with Gasteiger partial charge >= 0.3 is 0 Å². The van der Waals surface area contributed by atoms with E-state index in [4.69, 9.17) is 10.9 Å². The topological polar surface area (TPSA) is 145 Å². The van der Waals surface area contributed by atoms with E-state index >= 15 is 0 Å². The van der Waals surface area contributed by atoms with Gasteiger partial charge in [-0.1, -0.05) is 0 Å². The number of pyridine rings is 1. The molecule has 96 valence electrons. The molecule has 0 aliphatic rings. The van der Waals surface area contributed by atoms with Crippen LogP contribution in [0.1, 0.15) is 0 Å². The Morgan fingerprint density at radius 3 is 2.47 bits per heavy atom. The van der Waals surface area contributed by atoms with E-state index in [1.54, 1.807) is 0 Å². The molecule has 1 aromatic heterocycles. The van der Waals surface area contributed by atoms with Crippen LogP contribution >= 0.6 is 0 Å². The molecular formula is C7H12N4O4S2. The lowest BCUT2D eigenvalue weighted by Crippen LogP contribution is -2.32. The molecule has 0 aromatic carbocycles. The minimum atomic E-state index is -3.92. The van der Waals surface area contributed by atoms with Crippen LogP contribution < -0.4 is 15.6 Å². The maximum absolute atomic E-state index is 11.6. The minimum absolute atomic E-state index is 0.0180. The van der Waals surface area contributed by atoms with E-state index in [-0.39, 0.29) is 17.3 Å². The first-order chi connectivity index (χ1) is 7.72. The van der Waals surface area contributed by atoms with Crippen LogP contribution in [0.3, 0.4) is 0 Å². The number of anilines is 1. The summed E-state index contributed by atoms with van der Waals surface area (Å²) in [7, 11) is -7.64. The molecule has 1 aromatic rings. The van der Waals surface area contributed by atoms with Crippen molar-refractivity contribution >= 4 is 25.7 Å². The first-order valence-electron chi connectivity index (χ1n) is 4.43. The molecule has 0 amide bonds. The Labute approximate surface area is 99.1 Å². The van der Waals surface area contributed by atoms with Crippen LogP contribution in [0.15, 0.2) is 23.4 Å². The predicted octanol–water partition coefficient (Wildman–Crippen LogP) is -1.77. The van der Waals surface area contributed by atoms with Crippen molar-refractivity contribution in [3.63, 3.8) is 0 Å². The lowest BCUT2D eigenvalue weighted by Gasteiger charge is -2.06. The summed E-state index contributed by atoms with van der Waals surface area (Å²) in [5, 5.41) is 4.39. The van der Waals surface area contributed by atoms with Crippen molar-refractivity contribution in [3.8, 4) is 0 Å². The van der Waals surface area contributed by atoms with Crippen LogP contribution in [0.2, 0.25) is 0 Å². The lowest BCUT2D eigenvalue weighted by atomic mass is 10.4. The van der Waals surface area contributed by atoms with Gasteiger partial charge in [0.25, 0.3) is 10.0 Å². The second-order valence-electron chi connectivity index (χ2n) is 3.16. The van der Waals surface area contributed by atoms with E-state index < -0.39 is 25.8 Å². The molecule has 1 heterocycles. The van der Waals surface area contributed by atoms with Crippen LogP contribution in [0, 0.1) is 0 Å². The Morgan fingerprint density at radius 2 is 1.94 bits per heavy atom. The number of hydrogen-bond donors (Lipinski definition) is 3. The van der Waals surface area contributed by atoms with E-state index in [9.17, 15) is 16.8 Å². The molecule has 5 N–H and O–H groups in total. The lowest BCUT2D eigenvalue weighted by molar-refractivity contribution is 0.578. The number of nitrogens with one attached hydrogen (secondary N) is 1. The van der Waals surface area contributed by atoms with Gasteiger partial charge in [-0.05, 0) is 12.1 Å². The molecule has 10 heteroatoms. The van der Waals surface area contributed by atoms with Crippen molar-refractivity contribution in [2.24, 2.45) is 5.14 Å². The van der Waals surface area contributed by atoms with E-state index in [1.807, 2.05) is 4.72 Å². The molecule has 17 heavy (non-hydrogen) atoms. The van der Waals surface area contributed by atoms with E-state index in [1.165, 1.54) is 18.3 Å². The maximum Gasteiger partial charge on any atom is 0.260 e. The molecule has 0 bridgehead atoms. The average Bonchev–Trinajstić information content (AvgIpc) is 2.15. The number of nitrogens with two attached hydrogens (primary N) is 2. The summed E-state index contributed by atoms with van der Waals surface area (Å²) < 4.78 is 46.6. The molecule has 0 aliphatic heterocycles. The summed E-state index contributed by atoms with van der Waals surface area (Å²) >= 11 is 0. The third kappa shape index (κ3) is 4.26. The summed E-state index contributed by atoms with van der Waals surface area (Å²) in [4.78, 5) is 3.61. The van der Waals surface area contributed by atoms with E-state index in [0.29, 0.717) is 0 Å². The number of rotatable bonds is 5. The molecule has 0 saturated heterocycles. The highest BCUT2D eigenvalue weighted by atomic mass is 32.2. The normalized spacial score (nSPS) is 12.5. The fourth-order valence-electron chi connectivity index (χ4n) is 1.01. The van der Waals surface area contributed by atoms with Crippen LogP contribution in [-0.4, -0.2) is 34.1 Å². The van der Waals surface area contributed by atoms with Gasteiger partial charge in [-0.25, -0.2) is 31.7 Å². The first-order valence-corrected chi connectivity index (χ1v) is 7.63. The van der Waals surface area contributed by atoms with Gasteiger partial charge in [-0.15, -0.1) is 0 Å². The highest BCUT2D eigenvalue weighted by Gasteiger charge is 2.18.